The number of rotatable bonds is 9. The van der Waals surface area contributed by atoms with Gasteiger partial charge in [-0.05, 0) is 84.9 Å². The lowest BCUT2D eigenvalue weighted by Crippen LogP contribution is -2.37. The fourth-order valence-electron chi connectivity index (χ4n) is 4.76. The molecule has 2 fully saturated rings. The van der Waals surface area contributed by atoms with Crippen LogP contribution >= 0.6 is 0 Å². The first-order chi connectivity index (χ1) is 15.7. The molecule has 1 heterocycles. The molecule has 2 atom stereocenters. The van der Waals surface area contributed by atoms with Gasteiger partial charge in [-0.15, -0.1) is 0 Å². The molecule has 1 saturated carbocycles. The third-order valence-corrected chi connectivity index (χ3v) is 7.12. The Morgan fingerprint density at radius 1 is 1.06 bits per heavy atom. The summed E-state index contributed by atoms with van der Waals surface area (Å²) in [6.07, 6.45) is 5.56. The topological polar surface area (TPSA) is 50.8 Å². The summed E-state index contributed by atoms with van der Waals surface area (Å²) in [6, 6.07) is 14.6. The first-order valence-electron chi connectivity index (χ1n) is 12.0. The molecule has 0 radical (unpaired) electrons. The van der Waals surface area contributed by atoms with Crippen LogP contribution in [0.5, 0.6) is 5.75 Å². The van der Waals surface area contributed by atoms with Crippen molar-refractivity contribution in [2.45, 2.75) is 44.7 Å². The van der Waals surface area contributed by atoms with Gasteiger partial charge in [-0.25, -0.2) is 0 Å². The molecule has 1 N–H and O–H groups in total. The van der Waals surface area contributed by atoms with E-state index in [4.69, 9.17) is 9.47 Å². The summed E-state index contributed by atoms with van der Waals surface area (Å²) in [7, 11) is 1.93. The molecule has 0 aromatic heterocycles. The van der Waals surface area contributed by atoms with Crippen molar-refractivity contribution in [2.75, 3.05) is 33.4 Å². The van der Waals surface area contributed by atoms with E-state index in [9.17, 15) is 4.79 Å². The van der Waals surface area contributed by atoms with Gasteiger partial charge in [0, 0.05) is 38.3 Å². The van der Waals surface area contributed by atoms with Crippen LogP contribution in [0.4, 0.5) is 0 Å². The van der Waals surface area contributed by atoms with Gasteiger partial charge >= 0.3 is 0 Å². The van der Waals surface area contributed by atoms with Crippen molar-refractivity contribution in [3.8, 4) is 5.75 Å². The Morgan fingerprint density at radius 3 is 2.62 bits per heavy atom. The summed E-state index contributed by atoms with van der Waals surface area (Å²) in [5.74, 6) is 2.31. The minimum Gasteiger partial charge on any atom is -0.493 e. The van der Waals surface area contributed by atoms with E-state index in [2.05, 4.69) is 23.5 Å². The fourth-order valence-corrected chi connectivity index (χ4v) is 4.76. The van der Waals surface area contributed by atoms with E-state index in [1.807, 2.05) is 36.2 Å². The number of hydrogen-bond donors (Lipinski definition) is 1. The van der Waals surface area contributed by atoms with Gasteiger partial charge in [-0.2, -0.15) is 0 Å². The number of carbonyl (C=O) groups is 1. The maximum absolute atomic E-state index is 13.1. The SMILES string of the molecule is CN(C(=O)c1ccc(OCC2CC2)cc1)[C@@H]1Cc2ccc(CNCC3CCOC3)cc2C1. The van der Waals surface area contributed by atoms with E-state index in [1.54, 1.807) is 0 Å². The number of carbonyl (C=O) groups excluding carboxylic acids is 1. The third-order valence-electron chi connectivity index (χ3n) is 7.12. The zero-order valence-corrected chi connectivity index (χ0v) is 19.0. The number of fused-ring (bicyclic) bond motifs is 1. The van der Waals surface area contributed by atoms with Crippen LogP contribution in [0.3, 0.4) is 0 Å². The number of benzene rings is 2. The van der Waals surface area contributed by atoms with E-state index in [0.29, 0.717) is 5.92 Å². The second-order valence-corrected chi connectivity index (χ2v) is 9.72. The Balaban J connectivity index is 1.14. The summed E-state index contributed by atoms with van der Waals surface area (Å²) in [5.41, 5.74) is 4.79. The molecule has 3 aliphatic rings. The predicted octanol–water partition coefficient (Wildman–Crippen LogP) is 3.84. The van der Waals surface area contributed by atoms with Crippen LogP contribution in [0.1, 0.15) is 46.3 Å². The van der Waals surface area contributed by atoms with Crippen LogP contribution in [0.25, 0.3) is 0 Å². The Hall–Kier alpha value is -2.37. The minimum absolute atomic E-state index is 0.0808. The smallest absolute Gasteiger partial charge is 0.253 e. The van der Waals surface area contributed by atoms with Crippen molar-refractivity contribution >= 4 is 5.91 Å². The van der Waals surface area contributed by atoms with Crippen LogP contribution in [0, 0.1) is 11.8 Å². The van der Waals surface area contributed by atoms with Crippen molar-refractivity contribution in [1.29, 1.82) is 0 Å². The predicted molar refractivity (Wildman–Crippen MR) is 125 cm³/mol. The van der Waals surface area contributed by atoms with Crippen molar-refractivity contribution in [3.05, 3.63) is 64.7 Å². The lowest BCUT2D eigenvalue weighted by Gasteiger charge is -2.24. The molecule has 1 amide bonds. The van der Waals surface area contributed by atoms with Crippen LogP contribution in [0.15, 0.2) is 42.5 Å². The zero-order chi connectivity index (χ0) is 21.9. The number of nitrogens with one attached hydrogen (secondary N) is 1. The summed E-state index contributed by atoms with van der Waals surface area (Å²) in [6.45, 7) is 4.48. The molecular weight excluding hydrogens is 400 g/mol. The highest BCUT2D eigenvalue weighted by Gasteiger charge is 2.28. The number of amides is 1. The second kappa shape index (κ2) is 9.63. The van der Waals surface area contributed by atoms with Crippen molar-refractivity contribution in [1.82, 2.24) is 10.2 Å². The van der Waals surface area contributed by atoms with Gasteiger partial charge in [0.05, 0.1) is 13.2 Å². The molecule has 0 spiro atoms. The minimum atomic E-state index is 0.0808. The van der Waals surface area contributed by atoms with E-state index >= 15 is 0 Å². The van der Waals surface area contributed by atoms with Crippen LogP contribution in [-0.4, -0.2) is 50.3 Å². The molecule has 2 aromatic rings. The largest absolute Gasteiger partial charge is 0.493 e. The van der Waals surface area contributed by atoms with Crippen molar-refractivity contribution in [2.24, 2.45) is 11.8 Å². The van der Waals surface area contributed by atoms with Crippen molar-refractivity contribution < 1.29 is 14.3 Å². The summed E-state index contributed by atoms with van der Waals surface area (Å²) in [5, 5.41) is 3.58. The third kappa shape index (κ3) is 5.16. The standard InChI is InChI=1S/C27H34N2O3/c1-29(27(30)22-6-8-26(9-7-22)32-18-19-2-3-19)25-13-23-5-4-20(12-24(23)14-25)15-28-16-21-10-11-31-17-21/h4-9,12,19,21,25,28H,2-3,10-11,13-18H2,1H3/t21?,25-/m1/s1. The summed E-state index contributed by atoms with van der Waals surface area (Å²) in [4.78, 5) is 15.0. The van der Waals surface area contributed by atoms with Gasteiger partial charge in [0.1, 0.15) is 5.75 Å². The van der Waals surface area contributed by atoms with Gasteiger partial charge in [-0.3, -0.25) is 4.79 Å². The maximum atomic E-state index is 13.1. The quantitative estimate of drug-likeness (QED) is 0.652. The molecule has 5 rings (SSSR count). The van der Waals surface area contributed by atoms with E-state index in [1.165, 1.54) is 29.5 Å². The van der Waals surface area contributed by atoms with E-state index < -0.39 is 0 Å². The Bertz CT molecular complexity index is 932. The highest BCUT2D eigenvalue weighted by Crippen LogP contribution is 2.30. The molecule has 5 heteroatoms. The normalized spacial score (nSPS) is 22.0. The molecule has 1 aliphatic heterocycles. The van der Waals surface area contributed by atoms with E-state index in [-0.39, 0.29) is 11.9 Å². The first-order valence-corrected chi connectivity index (χ1v) is 12.0. The van der Waals surface area contributed by atoms with Gasteiger partial charge in [0.25, 0.3) is 5.91 Å². The van der Waals surface area contributed by atoms with Gasteiger partial charge in [-0.1, -0.05) is 18.2 Å². The van der Waals surface area contributed by atoms with Crippen LogP contribution in [0.2, 0.25) is 0 Å². The van der Waals surface area contributed by atoms with Gasteiger partial charge in [0.2, 0.25) is 0 Å². The van der Waals surface area contributed by atoms with Gasteiger partial charge < -0.3 is 19.7 Å². The molecule has 1 saturated heterocycles. The Kier molecular flexibility index (Phi) is 6.47. The highest BCUT2D eigenvalue weighted by atomic mass is 16.5. The molecule has 5 nitrogen and oxygen atoms in total. The van der Waals surface area contributed by atoms with Crippen LogP contribution < -0.4 is 10.1 Å². The average Bonchev–Trinajstić information content (AvgIpc) is 3.31. The molecule has 2 aromatic carbocycles. The summed E-state index contributed by atoms with van der Waals surface area (Å²) < 4.78 is 11.3. The Labute approximate surface area is 191 Å². The monoisotopic (exact) mass is 434 g/mol. The fraction of sp³-hybridized carbons (Fsp3) is 0.519. The highest BCUT2D eigenvalue weighted by molar-refractivity contribution is 5.94. The molecule has 0 bridgehead atoms. The van der Waals surface area contributed by atoms with E-state index in [0.717, 1.165) is 69.4 Å². The molecule has 170 valence electrons. The lowest BCUT2D eigenvalue weighted by molar-refractivity contribution is 0.0737. The number of likely N-dealkylation sites (N-methyl/N-ethyl adjacent to an activating group) is 1. The average molecular weight is 435 g/mol. The first kappa shape index (κ1) is 21.5. The maximum Gasteiger partial charge on any atom is 0.253 e. The Morgan fingerprint density at radius 2 is 1.88 bits per heavy atom. The van der Waals surface area contributed by atoms with Crippen LogP contribution in [-0.2, 0) is 24.1 Å². The number of ether oxygens (including phenoxy) is 2. The number of hydrogen-bond acceptors (Lipinski definition) is 4. The van der Waals surface area contributed by atoms with Gasteiger partial charge in [0.15, 0.2) is 0 Å². The second-order valence-electron chi connectivity index (χ2n) is 9.72. The molecule has 32 heavy (non-hydrogen) atoms. The summed E-state index contributed by atoms with van der Waals surface area (Å²) >= 11 is 0. The number of nitrogens with zero attached hydrogens (tertiary/aromatic N) is 1. The molecular formula is C27H34N2O3. The zero-order valence-electron chi connectivity index (χ0n) is 19.0. The lowest BCUT2D eigenvalue weighted by atomic mass is 10.1. The molecule has 1 unspecified atom stereocenters. The van der Waals surface area contributed by atoms with Crippen molar-refractivity contribution in [3.63, 3.8) is 0 Å². The molecule has 2 aliphatic carbocycles.